The first-order valence-electron chi connectivity index (χ1n) is 9.90. The zero-order valence-electron chi connectivity index (χ0n) is 16.5. The summed E-state index contributed by atoms with van der Waals surface area (Å²) in [4.78, 5) is 39.2. The number of carbonyl (C=O) groups is 3. The van der Waals surface area contributed by atoms with E-state index in [9.17, 15) is 14.4 Å². The number of nitrogens with one attached hydrogen (secondary N) is 2. The summed E-state index contributed by atoms with van der Waals surface area (Å²) in [6, 6.07) is 8.39. The minimum Gasteiger partial charge on any atom is -0.352 e. The number of amides is 3. The third-order valence-corrected chi connectivity index (χ3v) is 5.27. The number of rotatable bonds is 7. The standard InChI is InChI=1S/C21H31N3O3/c1-4-15(3)22-21(27)19(23-20(26)17-9-7-6-8-10-17)16-11-13-24(14-12-16)18(25)5-2/h6-10,15-16,19H,4-5,11-14H2,1-3H3,(H,22,27)(H,23,26)/t15-,19+/m1/s1. The van der Waals surface area contributed by atoms with E-state index < -0.39 is 6.04 Å². The summed E-state index contributed by atoms with van der Waals surface area (Å²) < 4.78 is 0. The summed E-state index contributed by atoms with van der Waals surface area (Å²) >= 11 is 0. The van der Waals surface area contributed by atoms with Crippen LogP contribution in [0.2, 0.25) is 0 Å². The molecule has 27 heavy (non-hydrogen) atoms. The number of hydrogen-bond donors (Lipinski definition) is 2. The predicted molar refractivity (Wildman–Crippen MR) is 105 cm³/mol. The highest BCUT2D eigenvalue weighted by Gasteiger charge is 2.34. The minimum atomic E-state index is -0.592. The van der Waals surface area contributed by atoms with E-state index in [1.807, 2.05) is 31.7 Å². The average molecular weight is 373 g/mol. The molecule has 1 heterocycles. The molecule has 6 nitrogen and oxygen atoms in total. The first kappa shape index (κ1) is 20.9. The van der Waals surface area contributed by atoms with Crippen LogP contribution in [-0.2, 0) is 9.59 Å². The summed E-state index contributed by atoms with van der Waals surface area (Å²) in [5.41, 5.74) is 0.539. The molecule has 1 aliphatic rings. The second-order valence-corrected chi connectivity index (χ2v) is 7.21. The lowest BCUT2D eigenvalue weighted by Crippen LogP contribution is -2.55. The van der Waals surface area contributed by atoms with Gasteiger partial charge in [0.15, 0.2) is 0 Å². The molecule has 1 aromatic carbocycles. The van der Waals surface area contributed by atoms with Gasteiger partial charge in [-0.3, -0.25) is 14.4 Å². The molecule has 0 bridgehead atoms. The van der Waals surface area contributed by atoms with Gasteiger partial charge in [-0.1, -0.05) is 32.0 Å². The van der Waals surface area contributed by atoms with Gasteiger partial charge in [0.05, 0.1) is 0 Å². The lowest BCUT2D eigenvalue weighted by Gasteiger charge is -2.36. The number of benzene rings is 1. The van der Waals surface area contributed by atoms with E-state index in [0.29, 0.717) is 37.9 Å². The zero-order chi connectivity index (χ0) is 19.8. The Morgan fingerprint density at radius 2 is 1.70 bits per heavy atom. The number of likely N-dealkylation sites (tertiary alicyclic amines) is 1. The van der Waals surface area contributed by atoms with Gasteiger partial charge in [0, 0.05) is 31.1 Å². The quantitative estimate of drug-likeness (QED) is 0.770. The van der Waals surface area contributed by atoms with Crippen LogP contribution in [0.1, 0.15) is 56.8 Å². The Kier molecular flexibility index (Phi) is 7.82. The van der Waals surface area contributed by atoms with E-state index in [-0.39, 0.29) is 29.7 Å². The Labute approximate surface area is 161 Å². The predicted octanol–water partition coefficient (Wildman–Crippen LogP) is 2.35. The van der Waals surface area contributed by atoms with Crippen LogP contribution in [-0.4, -0.2) is 47.8 Å². The average Bonchev–Trinajstić information content (AvgIpc) is 2.71. The van der Waals surface area contributed by atoms with Gasteiger partial charge in [-0.15, -0.1) is 0 Å². The van der Waals surface area contributed by atoms with E-state index in [0.717, 1.165) is 6.42 Å². The number of piperidine rings is 1. The topological polar surface area (TPSA) is 78.5 Å². The lowest BCUT2D eigenvalue weighted by molar-refractivity contribution is -0.132. The van der Waals surface area contributed by atoms with Crippen molar-refractivity contribution >= 4 is 17.7 Å². The maximum atomic E-state index is 12.8. The smallest absolute Gasteiger partial charge is 0.251 e. The molecular weight excluding hydrogens is 342 g/mol. The fraction of sp³-hybridized carbons (Fsp3) is 0.571. The van der Waals surface area contributed by atoms with E-state index in [1.165, 1.54) is 0 Å². The molecule has 0 unspecified atom stereocenters. The summed E-state index contributed by atoms with van der Waals surface area (Å²) in [5.74, 6) is -0.231. The van der Waals surface area contributed by atoms with Crippen molar-refractivity contribution in [3.8, 4) is 0 Å². The van der Waals surface area contributed by atoms with Crippen molar-refractivity contribution in [2.24, 2.45) is 5.92 Å². The van der Waals surface area contributed by atoms with Crippen LogP contribution in [0.3, 0.4) is 0 Å². The van der Waals surface area contributed by atoms with Crippen molar-refractivity contribution in [2.45, 2.75) is 58.5 Å². The molecule has 0 radical (unpaired) electrons. The third-order valence-electron chi connectivity index (χ3n) is 5.27. The molecule has 0 spiro atoms. The minimum absolute atomic E-state index is 0.0163. The van der Waals surface area contributed by atoms with Crippen LogP contribution in [0.15, 0.2) is 30.3 Å². The summed E-state index contributed by atoms with van der Waals surface area (Å²) in [6.45, 7) is 7.09. The second kappa shape index (κ2) is 10.1. The summed E-state index contributed by atoms with van der Waals surface area (Å²) in [6.07, 6.45) is 2.74. The molecule has 3 amide bonds. The largest absolute Gasteiger partial charge is 0.352 e. The van der Waals surface area contributed by atoms with Crippen molar-refractivity contribution in [3.63, 3.8) is 0 Å². The molecule has 1 aliphatic heterocycles. The van der Waals surface area contributed by atoms with Crippen molar-refractivity contribution in [1.29, 1.82) is 0 Å². The first-order valence-corrected chi connectivity index (χ1v) is 9.90. The fourth-order valence-corrected chi connectivity index (χ4v) is 3.35. The molecule has 2 N–H and O–H groups in total. The van der Waals surface area contributed by atoms with Gasteiger partial charge in [0.25, 0.3) is 5.91 Å². The Morgan fingerprint density at radius 3 is 2.26 bits per heavy atom. The highest BCUT2D eigenvalue weighted by Crippen LogP contribution is 2.22. The number of hydrogen-bond acceptors (Lipinski definition) is 3. The molecular formula is C21H31N3O3. The lowest BCUT2D eigenvalue weighted by atomic mass is 9.88. The molecule has 0 saturated carbocycles. The molecule has 1 aromatic rings. The Bertz CT molecular complexity index is 639. The van der Waals surface area contributed by atoms with Gasteiger partial charge in [0.2, 0.25) is 11.8 Å². The molecule has 0 aliphatic carbocycles. The third kappa shape index (κ3) is 5.81. The maximum absolute atomic E-state index is 12.8. The van der Waals surface area contributed by atoms with Crippen LogP contribution in [0, 0.1) is 5.92 Å². The van der Waals surface area contributed by atoms with Crippen LogP contribution >= 0.6 is 0 Å². The second-order valence-electron chi connectivity index (χ2n) is 7.21. The fourth-order valence-electron chi connectivity index (χ4n) is 3.35. The molecule has 6 heteroatoms. The Hall–Kier alpha value is -2.37. The monoisotopic (exact) mass is 373 g/mol. The van der Waals surface area contributed by atoms with Crippen LogP contribution in [0.4, 0.5) is 0 Å². The Balaban J connectivity index is 2.09. The van der Waals surface area contributed by atoms with Crippen molar-refractivity contribution in [1.82, 2.24) is 15.5 Å². The molecule has 1 saturated heterocycles. The van der Waals surface area contributed by atoms with Crippen LogP contribution in [0.25, 0.3) is 0 Å². The molecule has 2 atom stereocenters. The molecule has 2 rings (SSSR count). The molecule has 148 valence electrons. The van der Waals surface area contributed by atoms with E-state index >= 15 is 0 Å². The van der Waals surface area contributed by atoms with Gasteiger partial charge in [0.1, 0.15) is 6.04 Å². The van der Waals surface area contributed by atoms with E-state index in [1.54, 1.807) is 24.3 Å². The van der Waals surface area contributed by atoms with Gasteiger partial charge >= 0.3 is 0 Å². The highest BCUT2D eigenvalue weighted by molar-refractivity contribution is 5.97. The van der Waals surface area contributed by atoms with Crippen LogP contribution < -0.4 is 10.6 Å². The van der Waals surface area contributed by atoms with E-state index in [2.05, 4.69) is 10.6 Å². The van der Waals surface area contributed by atoms with E-state index in [4.69, 9.17) is 0 Å². The number of nitrogens with zero attached hydrogens (tertiary/aromatic N) is 1. The van der Waals surface area contributed by atoms with Gasteiger partial charge < -0.3 is 15.5 Å². The zero-order valence-corrected chi connectivity index (χ0v) is 16.5. The van der Waals surface area contributed by atoms with Gasteiger partial charge in [-0.2, -0.15) is 0 Å². The van der Waals surface area contributed by atoms with Gasteiger partial charge in [-0.05, 0) is 44.2 Å². The van der Waals surface area contributed by atoms with Crippen molar-refractivity contribution < 1.29 is 14.4 Å². The molecule has 1 fully saturated rings. The maximum Gasteiger partial charge on any atom is 0.251 e. The van der Waals surface area contributed by atoms with Gasteiger partial charge in [-0.25, -0.2) is 0 Å². The Morgan fingerprint density at radius 1 is 1.07 bits per heavy atom. The first-order chi connectivity index (χ1) is 13.0. The highest BCUT2D eigenvalue weighted by atomic mass is 16.2. The van der Waals surface area contributed by atoms with Crippen LogP contribution in [0.5, 0.6) is 0 Å². The summed E-state index contributed by atoms with van der Waals surface area (Å²) in [5, 5.41) is 5.93. The SMILES string of the molecule is CCC(=O)N1CCC([C@H](NC(=O)c2ccccc2)C(=O)N[C@H](C)CC)CC1. The van der Waals surface area contributed by atoms with Crippen molar-refractivity contribution in [3.05, 3.63) is 35.9 Å². The molecule has 0 aromatic heterocycles. The number of carbonyl (C=O) groups excluding carboxylic acids is 3. The summed E-state index contributed by atoms with van der Waals surface area (Å²) in [7, 11) is 0. The van der Waals surface area contributed by atoms with Crippen molar-refractivity contribution in [2.75, 3.05) is 13.1 Å². The normalized spacial score (nSPS) is 17.1.